The van der Waals surface area contributed by atoms with Crippen LogP contribution >= 0.6 is 0 Å². The molecule has 0 saturated heterocycles. The number of benzene rings is 2. The first-order valence-corrected chi connectivity index (χ1v) is 9.38. The second kappa shape index (κ2) is 11.8. The number of nitro groups is 1. The Morgan fingerprint density at radius 3 is 2.00 bits per heavy atom. The van der Waals surface area contributed by atoms with Gasteiger partial charge in [0.1, 0.15) is 43.6 Å². The predicted molar refractivity (Wildman–Crippen MR) is 112 cm³/mol. The lowest BCUT2D eigenvalue weighted by atomic mass is 10.2. The summed E-state index contributed by atoms with van der Waals surface area (Å²) in [5.74, 6) is -0.354. The number of rotatable bonds is 11. The van der Waals surface area contributed by atoms with E-state index in [1.165, 1.54) is 50.2 Å². The summed E-state index contributed by atoms with van der Waals surface area (Å²) in [6, 6.07) is 8.44. The summed E-state index contributed by atoms with van der Waals surface area (Å²) in [6.07, 6.45) is 0. The summed E-state index contributed by atoms with van der Waals surface area (Å²) in [6.45, 7) is 2.74. The molecular formula is C20H22N4O8. The van der Waals surface area contributed by atoms with Crippen LogP contribution in [0.5, 0.6) is 11.5 Å². The molecule has 2 aromatic carbocycles. The van der Waals surface area contributed by atoms with Crippen LogP contribution in [0.1, 0.15) is 13.8 Å². The van der Waals surface area contributed by atoms with Gasteiger partial charge in [-0.1, -0.05) is 0 Å². The highest BCUT2D eigenvalue weighted by molar-refractivity contribution is 5.67. The number of nitrogens with zero attached hydrogens (tertiary/aromatic N) is 3. The minimum atomic E-state index is -0.518. The highest BCUT2D eigenvalue weighted by Gasteiger charge is 2.12. The molecule has 0 radical (unpaired) electrons. The Morgan fingerprint density at radius 2 is 1.47 bits per heavy atom. The molecule has 2 rings (SSSR count). The second-order valence-electron chi connectivity index (χ2n) is 6.21. The first-order chi connectivity index (χ1) is 15.3. The number of nitrogen functional groups attached to an aromatic ring is 1. The van der Waals surface area contributed by atoms with Crippen molar-refractivity contribution in [2.75, 3.05) is 32.2 Å². The molecule has 0 heterocycles. The Kier molecular flexibility index (Phi) is 8.90. The maximum absolute atomic E-state index is 10.9. The lowest BCUT2D eigenvalue weighted by Crippen LogP contribution is -2.11. The van der Waals surface area contributed by atoms with Crippen molar-refractivity contribution in [3.8, 4) is 11.5 Å². The van der Waals surface area contributed by atoms with Crippen LogP contribution in [0.3, 0.4) is 0 Å². The van der Waals surface area contributed by atoms with Gasteiger partial charge in [-0.2, -0.15) is 5.11 Å². The number of esters is 2. The van der Waals surface area contributed by atoms with Gasteiger partial charge in [0.15, 0.2) is 0 Å². The van der Waals surface area contributed by atoms with Gasteiger partial charge in [0.25, 0.3) is 5.69 Å². The van der Waals surface area contributed by atoms with Crippen molar-refractivity contribution in [1.29, 1.82) is 0 Å². The van der Waals surface area contributed by atoms with Gasteiger partial charge in [-0.25, -0.2) is 0 Å². The maximum Gasteiger partial charge on any atom is 0.302 e. The topological polar surface area (TPSA) is 165 Å². The van der Waals surface area contributed by atoms with Crippen LogP contribution in [0.25, 0.3) is 0 Å². The monoisotopic (exact) mass is 446 g/mol. The Bertz CT molecular complexity index is 992. The average Bonchev–Trinajstić information content (AvgIpc) is 2.74. The minimum absolute atomic E-state index is 0.0226. The van der Waals surface area contributed by atoms with Crippen LogP contribution in [0.4, 0.5) is 22.7 Å². The normalized spacial score (nSPS) is 10.6. The van der Waals surface area contributed by atoms with Crippen LogP contribution in [0, 0.1) is 10.1 Å². The fourth-order valence-corrected chi connectivity index (χ4v) is 2.31. The SMILES string of the molecule is CC(=O)OCCOc1cc(/N=N/c2ccc([N+](=O)[O-])cc2)c(OCCOC(C)=O)cc1N. The Labute approximate surface area is 183 Å². The van der Waals surface area contributed by atoms with Gasteiger partial charge < -0.3 is 24.7 Å². The molecule has 2 N–H and O–H groups in total. The van der Waals surface area contributed by atoms with E-state index in [2.05, 4.69) is 10.2 Å². The number of hydrogen-bond acceptors (Lipinski definition) is 11. The third kappa shape index (κ3) is 7.89. The highest BCUT2D eigenvalue weighted by Crippen LogP contribution is 2.38. The maximum atomic E-state index is 10.9. The van der Waals surface area contributed by atoms with Gasteiger partial charge in [0.05, 0.1) is 16.3 Å². The van der Waals surface area contributed by atoms with Crippen molar-refractivity contribution in [3.05, 3.63) is 46.5 Å². The summed E-state index contributed by atoms with van der Waals surface area (Å²) in [5, 5.41) is 18.9. The first kappa shape index (κ1) is 24.1. The van der Waals surface area contributed by atoms with Crippen molar-refractivity contribution < 1.29 is 33.5 Å². The molecule has 2 aromatic rings. The standard InChI is InChI=1S/C20H22N4O8/c1-13(25)29-7-9-31-19-12-18(20(11-17(19)21)32-10-8-30-14(2)26)23-22-15-3-5-16(6-4-15)24(27)28/h3-6,11-12H,7-10,21H2,1-2H3/b23-22+. The summed E-state index contributed by atoms with van der Waals surface area (Å²) in [4.78, 5) is 32.0. The molecule has 0 unspecified atom stereocenters. The van der Waals surface area contributed by atoms with E-state index in [0.717, 1.165) is 0 Å². The summed E-state index contributed by atoms with van der Waals surface area (Å²) >= 11 is 0. The minimum Gasteiger partial charge on any atom is -0.488 e. The smallest absolute Gasteiger partial charge is 0.302 e. The lowest BCUT2D eigenvalue weighted by Gasteiger charge is -2.13. The Balaban J connectivity index is 2.21. The summed E-state index contributed by atoms with van der Waals surface area (Å²) in [5.41, 5.74) is 6.79. The average molecular weight is 446 g/mol. The molecule has 0 atom stereocenters. The van der Waals surface area contributed by atoms with E-state index in [1.807, 2.05) is 0 Å². The number of anilines is 1. The van der Waals surface area contributed by atoms with E-state index in [0.29, 0.717) is 5.69 Å². The molecule has 0 aliphatic rings. The molecule has 0 bridgehead atoms. The van der Waals surface area contributed by atoms with E-state index in [4.69, 9.17) is 24.7 Å². The van der Waals surface area contributed by atoms with Gasteiger partial charge in [0.2, 0.25) is 0 Å². The zero-order valence-corrected chi connectivity index (χ0v) is 17.5. The highest BCUT2D eigenvalue weighted by atomic mass is 16.6. The van der Waals surface area contributed by atoms with Crippen molar-refractivity contribution in [2.45, 2.75) is 13.8 Å². The molecule has 32 heavy (non-hydrogen) atoms. The lowest BCUT2D eigenvalue weighted by molar-refractivity contribution is -0.384. The quantitative estimate of drug-likeness (QED) is 0.136. The molecule has 0 aromatic heterocycles. The number of ether oxygens (including phenoxy) is 4. The molecule has 0 saturated carbocycles. The molecule has 0 aliphatic heterocycles. The van der Waals surface area contributed by atoms with Crippen LogP contribution < -0.4 is 15.2 Å². The third-order valence-electron chi connectivity index (χ3n) is 3.72. The number of azo groups is 1. The number of nitro benzene ring substituents is 1. The third-order valence-corrected chi connectivity index (χ3v) is 3.72. The number of hydrogen-bond donors (Lipinski definition) is 1. The molecule has 12 heteroatoms. The molecule has 170 valence electrons. The van der Waals surface area contributed by atoms with Gasteiger partial charge in [-0.05, 0) is 12.1 Å². The summed E-state index contributed by atoms with van der Waals surface area (Å²) in [7, 11) is 0. The van der Waals surface area contributed by atoms with E-state index in [9.17, 15) is 19.7 Å². The number of nitrogens with two attached hydrogens (primary N) is 1. The van der Waals surface area contributed by atoms with Crippen molar-refractivity contribution >= 4 is 34.7 Å². The number of non-ortho nitro benzene ring substituents is 1. The number of carbonyl (C=O) groups excluding carboxylic acids is 2. The molecule has 0 aliphatic carbocycles. The van der Waals surface area contributed by atoms with Crippen LogP contribution in [0.2, 0.25) is 0 Å². The zero-order chi connectivity index (χ0) is 23.5. The van der Waals surface area contributed by atoms with Crippen molar-refractivity contribution in [2.24, 2.45) is 10.2 Å². The predicted octanol–water partition coefficient (Wildman–Crippen LogP) is 3.48. The van der Waals surface area contributed by atoms with Crippen molar-refractivity contribution in [1.82, 2.24) is 0 Å². The Hall–Kier alpha value is -4.22. The zero-order valence-electron chi connectivity index (χ0n) is 17.5. The van der Waals surface area contributed by atoms with Gasteiger partial charge in [0, 0.05) is 38.1 Å². The fraction of sp³-hybridized carbons (Fsp3) is 0.300. The fourth-order valence-electron chi connectivity index (χ4n) is 2.31. The Morgan fingerprint density at radius 1 is 0.906 bits per heavy atom. The second-order valence-corrected chi connectivity index (χ2v) is 6.21. The van der Waals surface area contributed by atoms with E-state index in [-0.39, 0.29) is 55.0 Å². The molecule has 12 nitrogen and oxygen atoms in total. The van der Waals surface area contributed by atoms with Crippen LogP contribution in [-0.2, 0) is 19.1 Å². The van der Waals surface area contributed by atoms with Crippen molar-refractivity contribution in [3.63, 3.8) is 0 Å². The van der Waals surface area contributed by atoms with Gasteiger partial charge >= 0.3 is 11.9 Å². The largest absolute Gasteiger partial charge is 0.488 e. The van der Waals surface area contributed by atoms with E-state index < -0.39 is 16.9 Å². The van der Waals surface area contributed by atoms with Gasteiger partial charge in [-0.3, -0.25) is 19.7 Å². The van der Waals surface area contributed by atoms with E-state index >= 15 is 0 Å². The summed E-state index contributed by atoms with van der Waals surface area (Å²) < 4.78 is 20.8. The number of carbonyl (C=O) groups is 2. The van der Waals surface area contributed by atoms with Crippen LogP contribution in [-0.4, -0.2) is 43.3 Å². The van der Waals surface area contributed by atoms with Crippen LogP contribution in [0.15, 0.2) is 46.6 Å². The van der Waals surface area contributed by atoms with Gasteiger partial charge in [-0.15, -0.1) is 5.11 Å². The first-order valence-electron chi connectivity index (χ1n) is 9.38. The van der Waals surface area contributed by atoms with E-state index in [1.54, 1.807) is 0 Å². The molecule has 0 amide bonds. The molecule has 0 spiro atoms. The molecule has 0 fully saturated rings. The molecular weight excluding hydrogens is 424 g/mol.